The van der Waals surface area contributed by atoms with Crippen LogP contribution in [0.5, 0.6) is 0 Å². The van der Waals surface area contributed by atoms with Crippen molar-refractivity contribution in [1.29, 1.82) is 0 Å². The first-order valence-corrected chi connectivity index (χ1v) is 13.5. The van der Waals surface area contributed by atoms with Crippen LogP contribution < -0.4 is 16.0 Å². The van der Waals surface area contributed by atoms with Crippen molar-refractivity contribution in [3.05, 3.63) is 47.2 Å². The summed E-state index contributed by atoms with van der Waals surface area (Å²) >= 11 is 0. The number of aliphatic hydroxyl groups excluding tert-OH is 1. The number of morpholine rings is 1. The maximum atomic E-state index is 13.2. The van der Waals surface area contributed by atoms with Crippen LogP contribution in [0.1, 0.15) is 54.1 Å². The van der Waals surface area contributed by atoms with E-state index < -0.39 is 12.7 Å². The fraction of sp³-hybridized carbons (Fsp3) is 0.593. The summed E-state index contributed by atoms with van der Waals surface area (Å²) in [6, 6.07) is 7.74. The van der Waals surface area contributed by atoms with Gasteiger partial charge >= 0.3 is 6.61 Å². The van der Waals surface area contributed by atoms with Crippen LogP contribution >= 0.6 is 0 Å². The molecule has 4 N–H and O–H groups in total. The van der Waals surface area contributed by atoms with Crippen molar-refractivity contribution >= 4 is 17.7 Å². The van der Waals surface area contributed by atoms with Crippen LogP contribution in [0.2, 0.25) is 0 Å². The zero-order valence-electron chi connectivity index (χ0n) is 22.2. The first-order chi connectivity index (χ1) is 18.9. The van der Waals surface area contributed by atoms with Gasteiger partial charge in [0.2, 0.25) is 5.95 Å². The number of rotatable bonds is 12. The van der Waals surface area contributed by atoms with Crippen molar-refractivity contribution in [2.45, 2.75) is 70.5 Å². The van der Waals surface area contributed by atoms with Crippen LogP contribution in [-0.4, -0.2) is 83.6 Å². The number of hydrogen-bond donors (Lipinski definition) is 4. The molecule has 1 aliphatic heterocycles. The van der Waals surface area contributed by atoms with Gasteiger partial charge in [-0.05, 0) is 43.7 Å². The predicted octanol–water partition coefficient (Wildman–Crippen LogP) is 2.99. The molecule has 1 amide bonds. The van der Waals surface area contributed by atoms with E-state index in [9.17, 15) is 18.7 Å². The van der Waals surface area contributed by atoms with Crippen molar-refractivity contribution in [3.63, 3.8) is 0 Å². The van der Waals surface area contributed by atoms with Gasteiger partial charge in [-0.3, -0.25) is 9.69 Å². The molecule has 1 aromatic heterocycles. The monoisotopic (exact) mass is 548 g/mol. The zero-order chi connectivity index (χ0) is 27.6. The van der Waals surface area contributed by atoms with E-state index in [1.807, 2.05) is 12.1 Å². The Balaban J connectivity index is 1.38. The van der Waals surface area contributed by atoms with E-state index in [1.54, 1.807) is 6.92 Å². The van der Waals surface area contributed by atoms with Crippen molar-refractivity contribution in [2.75, 3.05) is 43.5 Å². The van der Waals surface area contributed by atoms with Crippen molar-refractivity contribution in [3.8, 4) is 0 Å². The zero-order valence-corrected chi connectivity index (χ0v) is 22.2. The molecule has 2 fully saturated rings. The lowest BCUT2D eigenvalue weighted by atomic mass is 9.93. The number of aromatic nitrogens is 2. The molecule has 1 saturated carbocycles. The first-order valence-electron chi connectivity index (χ1n) is 13.5. The van der Waals surface area contributed by atoms with Gasteiger partial charge in [0, 0.05) is 44.5 Å². The van der Waals surface area contributed by atoms with Crippen LogP contribution in [0.15, 0.2) is 30.5 Å². The molecule has 0 spiro atoms. The summed E-state index contributed by atoms with van der Waals surface area (Å²) in [7, 11) is 0. The highest BCUT2D eigenvalue weighted by molar-refractivity contribution is 5.98. The molecule has 2 aliphatic rings. The molecule has 2 aromatic rings. The van der Waals surface area contributed by atoms with Crippen LogP contribution in [0.3, 0.4) is 0 Å². The Morgan fingerprint density at radius 1 is 1.15 bits per heavy atom. The minimum atomic E-state index is -2.86. The number of amides is 1. The second kappa shape index (κ2) is 14.5. The first kappa shape index (κ1) is 29.1. The van der Waals surface area contributed by atoms with Gasteiger partial charge in [0.1, 0.15) is 11.4 Å². The lowest BCUT2D eigenvalue weighted by Crippen LogP contribution is -2.35. The molecule has 39 heavy (non-hydrogen) atoms. The highest BCUT2D eigenvalue weighted by atomic mass is 19.3. The fourth-order valence-electron chi connectivity index (χ4n) is 4.68. The lowest BCUT2D eigenvalue weighted by Gasteiger charge is -2.27. The third-order valence-corrected chi connectivity index (χ3v) is 6.90. The summed E-state index contributed by atoms with van der Waals surface area (Å²) in [5.41, 5.74) is 2.46. The molecule has 0 bridgehead atoms. The second-order valence-corrected chi connectivity index (χ2v) is 10.1. The number of alkyl halides is 2. The Kier molecular flexibility index (Phi) is 10.8. The van der Waals surface area contributed by atoms with E-state index in [4.69, 9.17) is 4.74 Å². The molecule has 1 saturated heterocycles. The molecule has 1 atom stereocenters. The third-order valence-electron chi connectivity index (χ3n) is 6.90. The summed E-state index contributed by atoms with van der Waals surface area (Å²) in [6.45, 7) is 3.17. The average molecular weight is 549 g/mol. The fourth-order valence-corrected chi connectivity index (χ4v) is 4.68. The number of anilines is 2. The van der Waals surface area contributed by atoms with Gasteiger partial charge < -0.3 is 30.5 Å². The molecule has 214 valence electrons. The summed E-state index contributed by atoms with van der Waals surface area (Å²) in [5, 5.41) is 19.1. The maximum absolute atomic E-state index is 13.2. The molecule has 10 nitrogen and oxygen atoms in total. The molecule has 0 unspecified atom stereocenters. The van der Waals surface area contributed by atoms with Gasteiger partial charge in [-0.15, -0.1) is 0 Å². The van der Waals surface area contributed by atoms with Gasteiger partial charge in [-0.2, -0.15) is 13.8 Å². The third kappa shape index (κ3) is 9.34. The quantitative estimate of drug-likeness (QED) is 0.317. The highest BCUT2D eigenvalue weighted by Gasteiger charge is 2.23. The number of ether oxygens (including phenoxy) is 2. The Labute approximate surface area is 227 Å². The molecule has 12 heteroatoms. The lowest BCUT2D eigenvalue weighted by molar-refractivity contribution is -0.130. The number of nitrogens with one attached hydrogen (secondary N) is 3. The van der Waals surface area contributed by atoms with E-state index in [-0.39, 0.29) is 36.2 Å². The topological polar surface area (TPSA) is 121 Å². The number of carbonyl (C=O) groups excluding carboxylic acids is 1. The number of hydrogen-bond acceptors (Lipinski definition) is 9. The Hall–Kier alpha value is -2.93. The normalized spacial score (nSPS) is 20.9. The van der Waals surface area contributed by atoms with Gasteiger partial charge in [-0.25, -0.2) is 4.98 Å². The average Bonchev–Trinajstić information content (AvgIpc) is 2.93. The minimum Gasteiger partial charge on any atom is -0.393 e. The Bertz CT molecular complexity index is 1050. The number of carbonyl (C=O) groups is 1. The van der Waals surface area contributed by atoms with Gasteiger partial charge in [0.25, 0.3) is 5.91 Å². The number of benzene rings is 1. The Morgan fingerprint density at radius 3 is 2.54 bits per heavy atom. The molecular weight excluding hydrogens is 510 g/mol. The van der Waals surface area contributed by atoms with Crippen molar-refractivity contribution < 1.29 is 28.2 Å². The number of halogens is 2. The SMILES string of the molecule is C[C@@H](COC(F)F)Nc1ncc(C(=O)NCc2ccc(CN3CCOCC3)cc2)c(NC2CCC(O)CC2)n1. The molecule has 4 rings (SSSR count). The number of aliphatic hydroxyl groups is 1. The molecular formula is C27H38F2N6O4. The summed E-state index contributed by atoms with van der Waals surface area (Å²) in [5.74, 6) is 0.228. The molecule has 0 radical (unpaired) electrons. The van der Waals surface area contributed by atoms with E-state index in [0.29, 0.717) is 25.2 Å². The van der Waals surface area contributed by atoms with Crippen LogP contribution in [0.25, 0.3) is 0 Å². The van der Waals surface area contributed by atoms with E-state index in [2.05, 4.69) is 47.7 Å². The van der Waals surface area contributed by atoms with E-state index >= 15 is 0 Å². The minimum absolute atomic E-state index is 0.0429. The van der Waals surface area contributed by atoms with Crippen LogP contribution in [-0.2, 0) is 22.6 Å². The molecule has 1 aromatic carbocycles. The smallest absolute Gasteiger partial charge is 0.345 e. The van der Waals surface area contributed by atoms with Gasteiger partial charge in [0.05, 0.1) is 25.9 Å². The van der Waals surface area contributed by atoms with Gasteiger partial charge in [0.15, 0.2) is 0 Å². The van der Waals surface area contributed by atoms with Crippen molar-refractivity contribution in [1.82, 2.24) is 20.2 Å². The molecule has 2 heterocycles. The Morgan fingerprint density at radius 2 is 1.85 bits per heavy atom. The number of nitrogens with zero attached hydrogens (tertiary/aromatic N) is 3. The van der Waals surface area contributed by atoms with E-state index in [1.165, 1.54) is 11.8 Å². The van der Waals surface area contributed by atoms with Crippen molar-refractivity contribution in [2.24, 2.45) is 0 Å². The standard InChI is InChI=1S/C27H38F2N6O4/c1-18(17-39-26(28)29)32-27-31-15-23(24(34-27)33-21-6-8-22(36)9-7-21)25(37)30-14-19-2-4-20(5-3-19)16-35-10-12-38-13-11-35/h2-5,15,18,21-22,26,36H,6-14,16-17H2,1H3,(H,30,37)(H2,31,32,33,34)/t18-,21?,22?/m0/s1. The maximum Gasteiger partial charge on any atom is 0.345 e. The summed E-state index contributed by atoms with van der Waals surface area (Å²) in [6.07, 6.45) is 3.92. The van der Waals surface area contributed by atoms with Gasteiger partial charge in [-0.1, -0.05) is 24.3 Å². The van der Waals surface area contributed by atoms with Crippen LogP contribution in [0, 0.1) is 0 Å². The second-order valence-electron chi connectivity index (χ2n) is 10.1. The largest absolute Gasteiger partial charge is 0.393 e. The summed E-state index contributed by atoms with van der Waals surface area (Å²) < 4.78 is 34.5. The van der Waals surface area contributed by atoms with E-state index in [0.717, 1.165) is 51.3 Å². The molecule has 1 aliphatic carbocycles. The predicted molar refractivity (Wildman–Crippen MR) is 143 cm³/mol. The van der Waals surface area contributed by atoms with Crippen LogP contribution in [0.4, 0.5) is 20.5 Å². The highest BCUT2D eigenvalue weighted by Crippen LogP contribution is 2.24. The summed E-state index contributed by atoms with van der Waals surface area (Å²) in [4.78, 5) is 24.2.